The number of pyridine rings is 2. The van der Waals surface area contributed by atoms with Crippen LogP contribution in [0.5, 0.6) is 0 Å². The number of nitrogens with zero attached hydrogens (tertiary/aromatic N) is 2. The summed E-state index contributed by atoms with van der Waals surface area (Å²) in [7, 11) is 0. The molecule has 0 unspecified atom stereocenters. The van der Waals surface area contributed by atoms with E-state index in [-0.39, 0.29) is 102 Å². The molecule has 42 heteroatoms. The molecule has 2 aliphatic heterocycles. The number of fused-ring (bicyclic) bond motifs is 5. The largest absolute Gasteiger partial charge is 0.458 e. The van der Waals surface area contributed by atoms with E-state index in [1.54, 1.807) is 58.0 Å². The molecule has 18 N–H and O–H groups in total. The lowest BCUT2D eigenvalue weighted by Crippen LogP contribution is -2.56. The van der Waals surface area contributed by atoms with Gasteiger partial charge in [-0.15, -0.1) is 0 Å². The number of amides is 9. The summed E-state index contributed by atoms with van der Waals surface area (Å²) in [5.74, 6) is -3.84. The number of halogens is 1. The molecule has 3 aliphatic rings. The Kier molecular flexibility index (Phi) is 46.5. The van der Waals surface area contributed by atoms with Gasteiger partial charge in [-0.2, -0.15) is 0 Å². The van der Waals surface area contributed by atoms with Gasteiger partial charge in [0.15, 0.2) is 5.60 Å². The Morgan fingerprint density at radius 1 is 0.632 bits per heavy atom. The van der Waals surface area contributed by atoms with Crippen molar-refractivity contribution in [3.05, 3.63) is 91.5 Å². The van der Waals surface area contributed by atoms with E-state index in [1.165, 1.54) is 10.6 Å². The first-order valence-electron chi connectivity index (χ1n) is 42.4. The summed E-state index contributed by atoms with van der Waals surface area (Å²) in [4.78, 5) is 123. The zero-order chi connectivity index (χ0) is 90.5. The van der Waals surface area contributed by atoms with Crippen molar-refractivity contribution >= 4 is 64.3 Å². The number of carbonyl (C=O) groups excluding carboxylic acids is 8. The van der Waals surface area contributed by atoms with Crippen LogP contribution < -0.4 is 59.6 Å². The van der Waals surface area contributed by atoms with E-state index in [0.717, 1.165) is 5.56 Å². The lowest BCUT2D eigenvalue weighted by molar-refractivity contribution is -0.172. The quantitative estimate of drug-likeness (QED) is 0.0171. The van der Waals surface area contributed by atoms with Gasteiger partial charge in [0.1, 0.15) is 49.4 Å². The molecule has 9 atom stereocenters. The fourth-order valence-corrected chi connectivity index (χ4v) is 13.6. The standard InChI is InChI=1S/C83H127FN12O29/c1-5-83(111)59-45-65-72-57(48-96(65)78(106)58(59)51-124-79(83)107)70-62(16-15-56-53(4)60(84)46-64(92-72)69(56)70)94-82(110)125-50-54-11-13-55(14-12-54)91-76(104)63(10-8-19-88-80(86)108)93-77(105)71(52(2)3)95-75(103)61(85)9-6-7-18-87-68(100)17-21-112-23-25-114-27-29-116-31-33-118-35-37-120-39-41-122-43-44-123-42-40-121-38-36-119-34-32-117-30-28-115-26-24-113-22-20-89-81(109)90-47-66(98)73(101)74(102)67(99)49-97/h11-14,45-46,52,61-63,66-67,71,73-74,97-99,101-102,111H,5-10,15-44,47-51,85H2,1-4H3,(H,87,100)(H,91,104)(H,93,105)(H,94,110)(H,95,103)(H3,86,88,108)(H2,89,90,109)/t61-,62-,63-,66-,67+,71-,73+,74+,83-/m0/s1. The first-order valence-corrected chi connectivity index (χ1v) is 42.4. The van der Waals surface area contributed by atoms with Crippen LogP contribution in [-0.2, 0) is 122 Å². The van der Waals surface area contributed by atoms with Gasteiger partial charge >= 0.3 is 24.1 Å². The predicted molar refractivity (Wildman–Crippen MR) is 446 cm³/mol. The molecule has 4 aromatic rings. The molecule has 7 rings (SSSR count). The van der Waals surface area contributed by atoms with E-state index in [2.05, 4.69) is 42.5 Å². The highest BCUT2D eigenvalue weighted by atomic mass is 19.1. The Morgan fingerprint density at radius 3 is 1.70 bits per heavy atom. The second kappa shape index (κ2) is 56.4. The lowest BCUT2D eigenvalue weighted by Gasteiger charge is -2.31. The normalized spacial score (nSPS) is 16.2. The number of aromatic nitrogens is 2. The highest BCUT2D eigenvalue weighted by molar-refractivity contribution is 5.99. The number of primary amides is 1. The fraction of sp³-hybridized carbons (Fsp3) is 0.663. The summed E-state index contributed by atoms with van der Waals surface area (Å²) in [6.07, 6.45) is -5.16. The molecule has 1 aliphatic carbocycles. The monoisotopic (exact) mass is 1770 g/mol. The second-order valence-corrected chi connectivity index (χ2v) is 30.0. The minimum Gasteiger partial charge on any atom is -0.458 e. The molecule has 700 valence electrons. The van der Waals surface area contributed by atoms with E-state index in [1.807, 2.05) is 0 Å². The lowest BCUT2D eigenvalue weighted by atomic mass is 9.81. The third-order valence-electron chi connectivity index (χ3n) is 20.6. The summed E-state index contributed by atoms with van der Waals surface area (Å²) in [5, 5.41) is 80.9. The van der Waals surface area contributed by atoms with E-state index in [4.69, 9.17) is 87.9 Å². The minimum absolute atomic E-state index is 0.0469. The first kappa shape index (κ1) is 103. The molecular formula is C83H127FN12O29. The molecular weight excluding hydrogens is 1650 g/mol. The molecule has 0 bridgehead atoms. The Morgan fingerprint density at radius 2 is 1.17 bits per heavy atom. The van der Waals surface area contributed by atoms with E-state index in [9.17, 15) is 68.7 Å². The summed E-state index contributed by atoms with van der Waals surface area (Å²) >= 11 is 0. The van der Waals surface area contributed by atoms with Gasteiger partial charge in [0, 0.05) is 60.9 Å². The van der Waals surface area contributed by atoms with Crippen LogP contribution in [0.1, 0.15) is 117 Å². The third kappa shape index (κ3) is 34.3. The van der Waals surface area contributed by atoms with Gasteiger partial charge in [-0.3, -0.25) is 24.0 Å². The van der Waals surface area contributed by atoms with Gasteiger partial charge in [0.2, 0.25) is 23.6 Å². The summed E-state index contributed by atoms with van der Waals surface area (Å²) < 4.78 is 93.9. The highest BCUT2D eigenvalue weighted by Gasteiger charge is 2.46. The fourth-order valence-electron chi connectivity index (χ4n) is 13.6. The average molecular weight is 1780 g/mol. The number of aliphatic hydroxyl groups excluding tert-OH is 5. The number of anilines is 1. The minimum atomic E-state index is -2.06. The maximum Gasteiger partial charge on any atom is 0.407 e. The smallest absolute Gasteiger partial charge is 0.407 e. The number of ether oxygens (including phenoxy) is 14. The molecule has 0 radical (unpaired) electrons. The van der Waals surface area contributed by atoms with Gasteiger partial charge in [0.05, 0.1) is 212 Å². The highest BCUT2D eigenvalue weighted by Crippen LogP contribution is 2.46. The van der Waals surface area contributed by atoms with E-state index in [0.29, 0.717) is 221 Å². The summed E-state index contributed by atoms with van der Waals surface area (Å²) in [6.45, 7) is 14.4. The molecule has 0 fully saturated rings. The number of nitrogens with one attached hydrogen (secondary N) is 8. The Hall–Kier alpha value is -8.87. The zero-order valence-corrected chi connectivity index (χ0v) is 71.7. The van der Waals surface area contributed by atoms with Crippen molar-refractivity contribution < 1.29 is 140 Å². The van der Waals surface area contributed by atoms with E-state index < -0.39 is 126 Å². The van der Waals surface area contributed by atoms with Crippen LogP contribution in [0.15, 0.2) is 41.2 Å². The van der Waals surface area contributed by atoms with Crippen molar-refractivity contribution in [3.63, 3.8) is 0 Å². The van der Waals surface area contributed by atoms with Crippen LogP contribution in [0.25, 0.3) is 22.3 Å². The van der Waals surface area contributed by atoms with Crippen LogP contribution in [0, 0.1) is 18.7 Å². The van der Waals surface area contributed by atoms with Crippen molar-refractivity contribution in [1.82, 2.24) is 46.8 Å². The first-order chi connectivity index (χ1) is 60.3. The number of benzene rings is 2. The maximum absolute atomic E-state index is 15.5. The Balaban J connectivity index is 0.642. The molecule has 0 spiro atoms. The van der Waals surface area contributed by atoms with Gasteiger partial charge in [0.25, 0.3) is 5.56 Å². The molecule has 0 saturated carbocycles. The molecule has 2 aromatic heterocycles. The number of aliphatic hydroxyl groups is 6. The SMILES string of the molecule is CC[C@@]1(O)C(=O)OCc2c1cc1n(c2=O)Cc2c-1nc1cc(F)c(C)c3c1c2[C@@H](NC(=O)OCc1ccc(NC(=O)[C@H](CCCNC(N)=O)NC(=O)[C@@H](NC(=O)[C@@H](N)CCCCNC(=O)CCOCCOCCOCCOCCOCCOCCOCCOCCOCCOCCOCCOCCNC(=O)NC[C@H](O)[C@@H](O)[C@H](O)[C@H](O)CO)C(C)C)cc1)CC3. The molecule has 41 nitrogen and oxygen atoms in total. The number of rotatable bonds is 65. The topological polar surface area (TPSA) is 570 Å². The second-order valence-electron chi connectivity index (χ2n) is 30.0. The van der Waals surface area contributed by atoms with Crippen LogP contribution in [0.4, 0.5) is 24.5 Å². The van der Waals surface area contributed by atoms with Crippen molar-refractivity contribution in [2.75, 3.05) is 197 Å². The zero-order valence-electron chi connectivity index (χ0n) is 71.7. The van der Waals surface area contributed by atoms with Crippen molar-refractivity contribution in [2.45, 2.75) is 159 Å². The van der Waals surface area contributed by atoms with Crippen LogP contribution in [-0.4, -0.2) is 322 Å². The van der Waals surface area contributed by atoms with Gasteiger partial charge in [-0.25, -0.2) is 28.6 Å². The Labute approximate surface area is 724 Å². The van der Waals surface area contributed by atoms with Crippen molar-refractivity contribution in [2.24, 2.45) is 17.4 Å². The number of nitrogens with two attached hydrogens (primary N) is 2. The van der Waals surface area contributed by atoms with Gasteiger partial charge < -0.3 is 156 Å². The third-order valence-corrected chi connectivity index (χ3v) is 20.6. The Bertz CT molecular complexity index is 4080. The molecule has 9 amide bonds. The van der Waals surface area contributed by atoms with Crippen LogP contribution in [0.2, 0.25) is 0 Å². The molecule has 2 aromatic carbocycles. The number of esters is 1. The van der Waals surface area contributed by atoms with Crippen molar-refractivity contribution in [3.8, 4) is 11.4 Å². The van der Waals surface area contributed by atoms with Crippen LogP contribution in [0.3, 0.4) is 0 Å². The number of hydrogen-bond acceptors (Lipinski definition) is 31. The number of aryl methyl sites for hydroxylation is 1. The number of cyclic esters (lactones) is 1. The molecule has 125 heavy (non-hydrogen) atoms. The number of alkyl carbamates (subject to hydrolysis) is 1. The van der Waals surface area contributed by atoms with Crippen molar-refractivity contribution in [1.29, 1.82) is 0 Å². The number of urea groups is 2. The number of unbranched alkanes of at least 4 members (excludes halogenated alkanes) is 1. The number of hydrogen-bond donors (Lipinski definition) is 16. The predicted octanol–water partition coefficient (Wildman–Crippen LogP) is -0.608. The summed E-state index contributed by atoms with van der Waals surface area (Å²) in [6, 6.07) is 4.00. The van der Waals surface area contributed by atoms with Gasteiger partial charge in [-0.05, 0) is 105 Å². The average Bonchev–Trinajstić information content (AvgIpc) is 1.58. The van der Waals surface area contributed by atoms with Gasteiger partial charge in [-0.1, -0.05) is 32.9 Å². The number of carbonyl (C=O) groups is 8. The molecule has 4 heterocycles. The summed E-state index contributed by atoms with van der Waals surface area (Å²) in [5.41, 5.74) is 13.6. The van der Waals surface area contributed by atoms with Crippen LogP contribution >= 0.6 is 0 Å². The van der Waals surface area contributed by atoms with E-state index >= 15 is 4.39 Å². The maximum atomic E-state index is 15.5. The molecule has 0 saturated heterocycles.